The highest BCUT2D eigenvalue weighted by Gasteiger charge is 2.09. The first kappa shape index (κ1) is 12.5. The van der Waals surface area contributed by atoms with Gasteiger partial charge in [-0.2, -0.15) is 0 Å². The summed E-state index contributed by atoms with van der Waals surface area (Å²) in [5.41, 5.74) is 0.425. The molecule has 0 saturated carbocycles. The average Bonchev–Trinajstić information content (AvgIpc) is 2.39. The normalized spacial score (nSPS) is 9.89. The summed E-state index contributed by atoms with van der Waals surface area (Å²) < 4.78 is 10.2. The number of rotatable bonds is 3. The summed E-state index contributed by atoms with van der Waals surface area (Å²) in [5, 5.41) is 0.519. The molecule has 0 radical (unpaired) electrons. The van der Waals surface area contributed by atoms with Crippen molar-refractivity contribution in [1.29, 1.82) is 0 Å². The molecule has 0 heterocycles. The molecule has 0 amide bonds. The van der Waals surface area contributed by atoms with Crippen LogP contribution in [0.1, 0.15) is 10.4 Å². The minimum absolute atomic E-state index is 0.412. The molecule has 0 N–H and O–H groups in total. The fourth-order valence-corrected chi connectivity index (χ4v) is 1.63. The molecule has 4 heteroatoms. The Kier molecular flexibility index (Phi) is 3.85. The summed E-state index contributed by atoms with van der Waals surface area (Å²) >= 11 is 5.81. The number of hydrogen-bond acceptors (Lipinski definition) is 3. The molecule has 3 nitrogen and oxygen atoms in total. The van der Waals surface area contributed by atoms with Crippen LogP contribution in [0.5, 0.6) is 11.5 Å². The average molecular weight is 263 g/mol. The van der Waals surface area contributed by atoms with Crippen LogP contribution >= 0.6 is 11.6 Å². The van der Waals surface area contributed by atoms with E-state index in [9.17, 15) is 4.79 Å². The van der Waals surface area contributed by atoms with Gasteiger partial charge in [0.05, 0.1) is 12.7 Å². The lowest BCUT2D eigenvalue weighted by molar-refractivity contribution is 0.0734. The van der Waals surface area contributed by atoms with Crippen molar-refractivity contribution in [2.45, 2.75) is 0 Å². The predicted molar refractivity (Wildman–Crippen MR) is 69.4 cm³/mol. The van der Waals surface area contributed by atoms with Crippen molar-refractivity contribution in [3.05, 3.63) is 59.1 Å². The van der Waals surface area contributed by atoms with E-state index in [4.69, 9.17) is 21.1 Å². The van der Waals surface area contributed by atoms with E-state index in [2.05, 4.69) is 0 Å². The Morgan fingerprint density at radius 2 is 1.78 bits per heavy atom. The van der Waals surface area contributed by atoms with Crippen LogP contribution < -0.4 is 9.47 Å². The number of halogens is 1. The van der Waals surface area contributed by atoms with Gasteiger partial charge in [-0.25, -0.2) is 4.79 Å². The zero-order valence-corrected chi connectivity index (χ0v) is 10.5. The highest BCUT2D eigenvalue weighted by molar-refractivity contribution is 6.30. The van der Waals surface area contributed by atoms with Crippen LogP contribution in [0, 0.1) is 0 Å². The van der Waals surface area contributed by atoms with E-state index in [1.807, 2.05) is 0 Å². The van der Waals surface area contributed by atoms with Gasteiger partial charge in [-0.1, -0.05) is 23.7 Å². The molecule has 0 aromatic heterocycles. The molecule has 0 aliphatic heterocycles. The predicted octanol–water partition coefficient (Wildman–Crippen LogP) is 3.57. The first-order valence-electron chi connectivity index (χ1n) is 5.31. The first-order valence-corrected chi connectivity index (χ1v) is 5.68. The van der Waals surface area contributed by atoms with Gasteiger partial charge in [0.15, 0.2) is 0 Å². The molecule has 18 heavy (non-hydrogen) atoms. The Labute approximate surface area is 110 Å². The van der Waals surface area contributed by atoms with Crippen LogP contribution in [-0.2, 0) is 0 Å². The van der Waals surface area contributed by atoms with Crippen LogP contribution in [0.2, 0.25) is 5.02 Å². The lowest BCUT2D eigenvalue weighted by atomic mass is 10.2. The van der Waals surface area contributed by atoms with Gasteiger partial charge in [-0.05, 0) is 36.4 Å². The summed E-state index contributed by atoms with van der Waals surface area (Å²) in [6, 6.07) is 13.5. The fourth-order valence-electron chi connectivity index (χ4n) is 1.45. The maximum Gasteiger partial charge on any atom is 0.343 e. The maximum atomic E-state index is 11.9. The lowest BCUT2D eigenvalue weighted by Gasteiger charge is -2.05. The Morgan fingerprint density at radius 1 is 1.06 bits per heavy atom. The molecule has 0 unspecified atom stereocenters. The summed E-state index contributed by atoms with van der Waals surface area (Å²) in [4.78, 5) is 11.9. The molecule has 0 atom stereocenters. The molecular weight excluding hydrogens is 252 g/mol. The molecule has 0 aliphatic carbocycles. The molecule has 2 rings (SSSR count). The number of carbonyl (C=O) groups is 1. The van der Waals surface area contributed by atoms with Crippen LogP contribution in [0.3, 0.4) is 0 Å². The molecule has 0 fully saturated rings. The van der Waals surface area contributed by atoms with E-state index in [0.29, 0.717) is 22.1 Å². The van der Waals surface area contributed by atoms with Crippen LogP contribution in [-0.4, -0.2) is 13.1 Å². The van der Waals surface area contributed by atoms with Gasteiger partial charge in [-0.15, -0.1) is 0 Å². The molecule has 0 spiro atoms. The Morgan fingerprint density at radius 3 is 2.50 bits per heavy atom. The van der Waals surface area contributed by atoms with Gasteiger partial charge >= 0.3 is 5.97 Å². The highest BCUT2D eigenvalue weighted by atomic mass is 35.5. The van der Waals surface area contributed by atoms with Crippen molar-refractivity contribution in [1.82, 2.24) is 0 Å². The second kappa shape index (κ2) is 5.56. The van der Waals surface area contributed by atoms with Gasteiger partial charge in [0.1, 0.15) is 11.5 Å². The minimum Gasteiger partial charge on any atom is -0.497 e. The van der Waals surface area contributed by atoms with Crippen molar-refractivity contribution in [2.75, 3.05) is 7.11 Å². The third-order valence-corrected chi connectivity index (χ3v) is 2.55. The van der Waals surface area contributed by atoms with E-state index < -0.39 is 5.97 Å². The van der Waals surface area contributed by atoms with Gasteiger partial charge in [0.25, 0.3) is 0 Å². The van der Waals surface area contributed by atoms with Gasteiger partial charge < -0.3 is 9.47 Å². The number of carbonyl (C=O) groups excluding carboxylic acids is 1. The minimum atomic E-state index is -0.448. The van der Waals surface area contributed by atoms with E-state index in [1.165, 1.54) is 0 Å². The third-order valence-electron chi connectivity index (χ3n) is 2.31. The van der Waals surface area contributed by atoms with Crippen molar-refractivity contribution >= 4 is 17.6 Å². The fraction of sp³-hybridized carbons (Fsp3) is 0.0714. The summed E-state index contributed by atoms with van der Waals surface area (Å²) in [7, 11) is 1.54. The molecule has 0 bridgehead atoms. The van der Waals surface area contributed by atoms with Crippen LogP contribution in [0.15, 0.2) is 48.5 Å². The number of methoxy groups -OCH3 is 1. The second-order valence-corrected chi connectivity index (χ2v) is 4.02. The topological polar surface area (TPSA) is 35.5 Å². The highest BCUT2D eigenvalue weighted by Crippen LogP contribution is 2.19. The second-order valence-electron chi connectivity index (χ2n) is 3.58. The Balaban J connectivity index is 2.16. The van der Waals surface area contributed by atoms with Crippen LogP contribution in [0.25, 0.3) is 0 Å². The number of benzene rings is 2. The van der Waals surface area contributed by atoms with Crippen molar-refractivity contribution in [2.24, 2.45) is 0 Å². The smallest absolute Gasteiger partial charge is 0.343 e. The molecule has 0 aliphatic rings. The Bertz CT molecular complexity index is 566. The Hall–Kier alpha value is -2.00. The number of hydrogen-bond donors (Lipinski definition) is 0. The van der Waals surface area contributed by atoms with Gasteiger partial charge in [0.2, 0.25) is 0 Å². The lowest BCUT2D eigenvalue weighted by Crippen LogP contribution is -2.08. The van der Waals surface area contributed by atoms with Gasteiger partial charge in [-0.3, -0.25) is 0 Å². The molecule has 2 aromatic rings. The SMILES string of the molecule is COc1cccc(C(=O)Oc2cccc(Cl)c2)c1. The largest absolute Gasteiger partial charge is 0.497 e. The quantitative estimate of drug-likeness (QED) is 0.627. The van der Waals surface area contributed by atoms with Crippen molar-refractivity contribution < 1.29 is 14.3 Å². The maximum absolute atomic E-state index is 11.9. The molecule has 2 aromatic carbocycles. The van der Waals surface area contributed by atoms with E-state index in [0.717, 1.165) is 0 Å². The standard InChI is InChI=1S/C14H11ClO3/c1-17-12-6-2-4-10(8-12)14(16)18-13-7-3-5-11(15)9-13/h2-9H,1H3. The number of ether oxygens (including phenoxy) is 2. The monoisotopic (exact) mass is 262 g/mol. The van der Waals surface area contributed by atoms with E-state index in [-0.39, 0.29) is 0 Å². The third kappa shape index (κ3) is 3.02. The van der Waals surface area contributed by atoms with Crippen LogP contribution in [0.4, 0.5) is 0 Å². The van der Waals surface area contributed by atoms with Gasteiger partial charge in [0, 0.05) is 5.02 Å². The zero-order valence-electron chi connectivity index (χ0n) is 9.72. The zero-order chi connectivity index (χ0) is 13.0. The summed E-state index contributed by atoms with van der Waals surface area (Å²) in [6.45, 7) is 0. The van der Waals surface area contributed by atoms with Crippen molar-refractivity contribution in [3.63, 3.8) is 0 Å². The molecule has 92 valence electrons. The molecule has 0 saturated heterocycles. The summed E-state index contributed by atoms with van der Waals surface area (Å²) in [5.74, 6) is 0.571. The van der Waals surface area contributed by atoms with E-state index >= 15 is 0 Å². The number of esters is 1. The van der Waals surface area contributed by atoms with Crippen molar-refractivity contribution in [3.8, 4) is 11.5 Å². The molecular formula is C14H11ClO3. The van der Waals surface area contributed by atoms with E-state index in [1.54, 1.807) is 55.6 Å². The summed E-state index contributed by atoms with van der Waals surface area (Å²) in [6.07, 6.45) is 0. The first-order chi connectivity index (χ1) is 8.69.